The van der Waals surface area contributed by atoms with Crippen molar-refractivity contribution in [3.8, 4) is 11.5 Å². The monoisotopic (exact) mass is 336 g/mol. The molecule has 128 valence electrons. The summed E-state index contributed by atoms with van der Waals surface area (Å²) in [6, 6.07) is 2.44. The van der Waals surface area contributed by atoms with Gasteiger partial charge in [0.25, 0.3) is 5.91 Å². The van der Waals surface area contributed by atoms with Crippen LogP contribution in [0.1, 0.15) is 16.8 Å². The Labute approximate surface area is 138 Å². The van der Waals surface area contributed by atoms with E-state index in [1.807, 2.05) is 0 Å². The zero-order valence-electron chi connectivity index (χ0n) is 13.0. The van der Waals surface area contributed by atoms with Gasteiger partial charge in [0, 0.05) is 11.9 Å². The minimum absolute atomic E-state index is 0.112. The molecule has 0 unspecified atom stereocenters. The number of benzene rings is 1. The van der Waals surface area contributed by atoms with Crippen molar-refractivity contribution in [3.05, 3.63) is 17.7 Å². The number of aliphatic hydroxyl groups is 1. The van der Waals surface area contributed by atoms with Gasteiger partial charge in [0.1, 0.15) is 7.11 Å². The lowest BCUT2D eigenvalue weighted by molar-refractivity contribution is 0.0675. The molecule has 0 radical (unpaired) electrons. The molecule has 0 bridgehead atoms. The molecule has 1 aromatic carbocycles. The van der Waals surface area contributed by atoms with Crippen LogP contribution in [0.4, 0.5) is 0 Å². The number of likely N-dealkylation sites (tertiary alicyclic amines) is 1. The van der Waals surface area contributed by atoms with Crippen molar-refractivity contribution in [3.63, 3.8) is 0 Å². The van der Waals surface area contributed by atoms with Crippen LogP contribution in [0, 0.1) is 0 Å². The van der Waals surface area contributed by atoms with Crippen LogP contribution in [0.3, 0.4) is 0 Å². The average molecular weight is 336 g/mol. The first kappa shape index (κ1) is 16.6. The van der Waals surface area contributed by atoms with Crippen molar-refractivity contribution in [2.45, 2.75) is 12.5 Å². The Bertz CT molecular complexity index is 679. The van der Waals surface area contributed by atoms with E-state index in [4.69, 9.17) is 14.3 Å². The second kappa shape index (κ2) is 6.67. The number of carbonyl (C=O) groups excluding carboxylic acids is 1. The first-order valence-corrected chi connectivity index (χ1v) is 7.36. The molecular formula is C14H17BN2O7. The van der Waals surface area contributed by atoms with Gasteiger partial charge >= 0.3 is 7.12 Å². The van der Waals surface area contributed by atoms with Crippen LogP contribution in [0.15, 0.2) is 17.3 Å². The third-order valence-electron chi connectivity index (χ3n) is 4.01. The maximum atomic E-state index is 12.9. The first-order chi connectivity index (χ1) is 11.6. The molecule has 24 heavy (non-hydrogen) atoms. The van der Waals surface area contributed by atoms with Crippen molar-refractivity contribution in [2.75, 3.05) is 27.1 Å². The van der Waals surface area contributed by atoms with E-state index in [2.05, 4.69) is 5.16 Å². The predicted octanol–water partition coefficient (Wildman–Crippen LogP) is -1.70. The fourth-order valence-corrected chi connectivity index (χ4v) is 2.91. The summed E-state index contributed by atoms with van der Waals surface area (Å²) in [7, 11) is -0.315. The summed E-state index contributed by atoms with van der Waals surface area (Å²) in [6.07, 6.45) is 0.420. The molecule has 1 amide bonds. The van der Waals surface area contributed by atoms with E-state index in [1.54, 1.807) is 0 Å². The Balaban J connectivity index is 1.93. The lowest BCUT2D eigenvalue weighted by Crippen LogP contribution is -2.38. The van der Waals surface area contributed by atoms with Crippen molar-refractivity contribution in [1.29, 1.82) is 0 Å². The Morgan fingerprint density at radius 2 is 2.17 bits per heavy atom. The van der Waals surface area contributed by atoms with Crippen molar-refractivity contribution < 1.29 is 34.3 Å². The molecule has 1 saturated heterocycles. The fraction of sp³-hybridized carbons (Fsp3) is 0.429. The van der Waals surface area contributed by atoms with Gasteiger partial charge in [-0.1, -0.05) is 11.2 Å². The molecule has 1 atom stereocenters. The number of fused-ring (bicyclic) bond motifs is 1. The molecule has 0 aromatic heterocycles. The normalized spacial score (nSPS) is 20.6. The second-order valence-electron chi connectivity index (χ2n) is 5.45. The van der Waals surface area contributed by atoms with E-state index < -0.39 is 13.2 Å². The summed E-state index contributed by atoms with van der Waals surface area (Å²) in [4.78, 5) is 19.1. The average Bonchev–Trinajstić information content (AvgIpc) is 3.20. The number of ether oxygens (including phenoxy) is 2. The minimum Gasteiger partial charge on any atom is -0.454 e. The predicted molar refractivity (Wildman–Crippen MR) is 83.4 cm³/mol. The van der Waals surface area contributed by atoms with Crippen LogP contribution in [0.25, 0.3) is 0 Å². The number of nitrogens with zero attached hydrogens (tertiary/aromatic N) is 2. The molecule has 0 spiro atoms. The number of amides is 1. The van der Waals surface area contributed by atoms with Crippen LogP contribution in [0.5, 0.6) is 11.5 Å². The zero-order valence-corrected chi connectivity index (χ0v) is 13.0. The van der Waals surface area contributed by atoms with E-state index in [-0.39, 0.29) is 48.4 Å². The van der Waals surface area contributed by atoms with Gasteiger partial charge in [-0.2, -0.15) is 0 Å². The molecule has 3 N–H and O–H groups in total. The summed E-state index contributed by atoms with van der Waals surface area (Å²) in [5.74, 6) is -0.0584. The largest absolute Gasteiger partial charge is 0.492 e. The van der Waals surface area contributed by atoms with E-state index in [9.17, 15) is 19.9 Å². The maximum absolute atomic E-state index is 12.9. The molecule has 0 saturated carbocycles. The van der Waals surface area contributed by atoms with E-state index in [0.29, 0.717) is 12.1 Å². The van der Waals surface area contributed by atoms with Crippen LogP contribution in [0.2, 0.25) is 0 Å². The Kier molecular flexibility index (Phi) is 4.61. The summed E-state index contributed by atoms with van der Waals surface area (Å²) < 4.78 is 10.6. The van der Waals surface area contributed by atoms with Crippen LogP contribution in [-0.2, 0) is 4.84 Å². The van der Waals surface area contributed by atoms with Gasteiger partial charge in [-0.25, -0.2) is 0 Å². The third kappa shape index (κ3) is 2.79. The first-order valence-electron chi connectivity index (χ1n) is 7.36. The van der Waals surface area contributed by atoms with Gasteiger partial charge in [0.05, 0.1) is 30.5 Å². The van der Waals surface area contributed by atoms with Gasteiger partial charge < -0.3 is 34.4 Å². The summed E-state index contributed by atoms with van der Waals surface area (Å²) >= 11 is 0. The van der Waals surface area contributed by atoms with Gasteiger partial charge in [-0.05, 0) is 6.07 Å². The highest BCUT2D eigenvalue weighted by Crippen LogP contribution is 2.35. The van der Waals surface area contributed by atoms with E-state index in [1.165, 1.54) is 24.1 Å². The quantitative estimate of drug-likeness (QED) is 0.443. The van der Waals surface area contributed by atoms with E-state index >= 15 is 0 Å². The van der Waals surface area contributed by atoms with E-state index in [0.717, 1.165) is 0 Å². The van der Waals surface area contributed by atoms with Crippen molar-refractivity contribution in [1.82, 2.24) is 4.90 Å². The molecule has 2 heterocycles. The number of rotatable bonds is 4. The minimum atomic E-state index is -1.73. The molecule has 2 aliphatic heterocycles. The Morgan fingerprint density at radius 1 is 1.42 bits per heavy atom. The number of aliphatic hydroxyl groups excluding tert-OH is 1. The molecule has 1 aromatic rings. The lowest BCUT2D eigenvalue weighted by Gasteiger charge is -2.23. The maximum Gasteiger partial charge on any atom is 0.492 e. The number of carbonyl (C=O) groups is 1. The summed E-state index contributed by atoms with van der Waals surface area (Å²) in [5.41, 5.74) is 1.01. The van der Waals surface area contributed by atoms with Crippen LogP contribution >= 0.6 is 0 Å². The zero-order chi connectivity index (χ0) is 17.3. The Morgan fingerprint density at radius 3 is 2.83 bits per heavy atom. The second-order valence-corrected chi connectivity index (χ2v) is 5.45. The topological polar surface area (TPSA) is 121 Å². The van der Waals surface area contributed by atoms with Crippen LogP contribution < -0.4 is 14.9 Å². The molecule has 2 aliphatic rings. The number of hydrogen-bond donors (Lipinski definition) is 3. The van der Waals surface area contributed by atoms with Crippen molar-refractivity contribution in [2.24, 2.45) is 5.16 Å². The van der Waals surface area contributed by atoms with Crippen molar-refractivity contribution >= 4 is 24.2 Å². The van der Waals surface area contributed by atoms with Crippen LogP contribution in [-0.4, -0.2) is 71.9 Å². The van der Waals surface area contributed by atoms with Gasteiger partial charge in [-0.3, -0.25) is 4.79 Å². The summed E-state index contributed by atoms with van der Waals surface area (Å²) in [5, 5.41) is 32.1. The number of hydrogen-bond acceptors (Lipinski definition) is 8. The van der Waals surface area contributed by atoms with Gasteiger partial charge in [-0.15, -0.1) is 0 Å². The SMILES string of the molecule is CON=C1C[C@@H](CO)N(C(=O)c2ccc(B(O)O)c3c2OCO3)C1. The van der Waals surface area contributed by atoms with Gasteiger partial charge in [0.2, 0.25) is 6.79 Å². The standard InChI is InChI=1S/C14H17BN2O7/c1-22-16-8-4-9(6-18)17(5-8)14(19)10-2-3-11(15(20)21)13-12(10)23-7-24-13/h2-3,9,18,20-21H,4-7H2,1H3/t9-/m0/s1. The number of oxime groups is 1. The Hall–Kier alpha value is -2.30. The highest BCUT2D eigenvalue weighted by molar-refractivity contribution is 6.60. The fourth-order valence-electron chi connectivity index (χ4n) is 2.91. The molecular weight excluding hydrogens is 319 g/mol. The summed E-state index contributed by atoms with van der Waals surface area (Å²) in [6.45, 7) is -0.0848. The third-order valence-corrected chi connectivity index (χ3v) is 4.01. The lowest BCUT2D eigenvalue weighted by atomic mass is 9.79. The molecule has 10 heteroatoms. The highest BCUT2D eigenvalue weighted by Gasteiger charge is 2.37. The molecule has 3 rings (SSSR count). The molecule has 9 nitrogen and oxygen atoms in total. The highest BCUT2D eigenvalue weighted by atomic mass is 16.7. The van der Waals surface area contributed by atoms with Gasteiger partial charge in [0.15, 0.2) is 11.5 Å². The molecule has 0 aliphatic carbocycles. The smallest absolute Gasteiger partial charge is 0.454 e. The molecule has 1 fully saturated rings.